The fourth-order valence-corrected chi connectivity index (χ4v) is 4.14. The number of hydrogen-bond donors (Lipinski definition) is 1. The topological polar surface area (TPSA) is 78.9 Å². The quantitative estimate of drug-likeness (QED) is 0.276. The lowest BCUT2D eigenvalue weighted by molar-refractivity contribution is 0.563. The van der Waals surface area contributed by atoms with Crippen LogP contribution < -0.4 is 10.9 Å². The number of halogens is 1. The van der Waals surface area contributed by atoms with Gasteiger partial charge in [0.25, 0.3) is 0 Å². The number of rotatable bonds is 4. The van der Waals surface area contributed by atoms with E-state index in [-0.39, 0.29) is 0 Å². The molecule has 0 bridgehead atoms. The highest BCUT2D eigenvalue weighted by molar-refractivity contribution is 9.10. The van der Waals surface area contributed by atoms with Crippen LogP contribution in [0.5, 0.6) is 0 Å². The molecule has 0 amide bonds. The zero-order chi connectivity index (χ0) is 21.3. The van der Waals surface area contributed by atoms with Crippen molar-refractivity contribution in [2.75, 3.05) is 5.32 Å². The molecule has 7 heteroatoms. The summed E-state index contributed by atoms with van der Waals surface area (Å²) >= 11 is 4.73. The van der Waals surface area contributed by atoms with Crippen molar-refractivity contribution >= 4 is 49.5 Å². The van der Waals surface area contributed by atoms with Gasteiger partial charge in [0, 0.05) is 27.1 Å². The monoisotopic (exact) mass is 477 g/mol. The smallest absolute Gasteiger partial charge is 0.345 e. The summed E-state index contributed by atoms with van der Waals surface area (Å²) in [7, 11) is 0. The minimum absolute atomic E-state index is 0.364. The lowest BCUT2D eigenvalue weighted by Gasteiger charge is -2.06. The maximum absolute atomic E-state index is 12.4. The zero-order valence-electron chi connectivity index (χ0n) is 16.2. The minimum atomic E-state index is -0.460. The van der Waals surface area contributed by atoms with Gasteiger partial charge < -0.3 is 9.73 Å². The van der Waals surface area contributed by atoms with Crippen molar-refractivity contribution in [3.8, 4) is 17.3 Å². The molecule has 0 radical (unpaired) electrons. The highest BCUT2D eigenvalue weighted by atomic mass is 79.9. The van der Waals surface area contributed by atoms with Gasteiger partial charge in [0.15, 0.2) is 0 Å². The van der Waals surface area contributed by atoms with Gasteiger partial charge >= 0.3 is 5.63 Å². The molecule has 0 fully saturated rings. The third-order valence-electron chi connectivity index (χ3n) is 4.59. The Labute approximate surface area is 185 Å². The fourth-order valence-electron chi connectivity index (χ4n) is 2.98. The summed E-state index contributed by atoms with van der Waals surface area (Å²) in [5, 5.41) is 15.9. The number of benzene rings is 2. The Balaban J connectivity index is 1.68. The molecular formula is C23H16BrN3O2S. The van der Waals surface area contributed by atoms with Crippen LogP contribution in [0.25, 0.3) is 27.8 Å². The van der Waals surface area contributed by atoms with Gasteiger partial charge in [0.2, 0.25) is 0 Å². The van der Waals surface area contributed by atoms with Gasteiger partial charge in [0.05, 0.1) is 11.3 Å². The van der Waals surface area contributed by atoms with Crippen LogP contribution in [0, 0.1) is 25.2 Å². The SMILES string of the molecule is Cc1ccc(C)c(NC=C(C#N)c2nc(-c3cc4cc(Br)ccc4oc3=O)cs2)c1. The molecule has 1 N–H and O–H groups in total. The Hall–Kier alpha value is -3.21. The standard InChI is InChI=1S/C23H16BrN3O2S/c1-13-3-4-14(2)19(7-13)26-11-16(10-25)22-27-20(12-30-22)18-9-15-8-17(24)5-6-21(15)29-23(18)28/h3-9,11-12,26H,1-2H3. The van der Waals surface area contributed by atoms with E-state index >= 15 is 0 Å². The molecule has 0 aliphatic carbocycles. The Morgan fingerprint density at radius 2 is 2.07 bits per heavy atom. The molecule has 0 unspecified atom stereocenters. The second-order valence-corrected chi connectivity index (χ2v) is 8.57. The number of nitrogens with zero attached hydrogens (tertiary/aromatic N) is 2. The van der Waals surface area contributed by atoms with Crippen LogP contribution >= 0.6 is 27.3 Å². The lowest BCUT2D eigenvalue weighted by atomic mass is 10.1. The lowest BCUT2D eigenvalue weighted by Crippen LogP contribution is -2.03. The van der Waals surface area contributed by atoms with Crippen LogP contribution in [0.4, 0.5) is 5.69 Å². The average Bonchev–Trinajstić information content (AvgIpc) is 3.20. The number of fused-ring (bicyclic) bond motifs is 1. The number of thiazole rings is 1. The van der Waals surface area contributed by atoms with E-state index in [2.05, 4.69) is 32.3 Å². The van der Waals surface area contributed by atoms with Crippen LogP contribution in [-0.2, 0) is 0 Å². The first kappa shape index (κ1) is 20.1. The second kappa shape index (κ2) is 8.27. The summed E-state index contributed by atoms with van der Waals surface area (Å²) in [6, 6.07) is 15.5. The Morgan fingerprint density at radius 3 is 2.87 bits per heavy atom. The first-order chi connectivity index (χ1) is 14.4. The fraction of sp³-hybridized carbons (Fsp3) is 0.0870. The van der Waals surface area contributed by atoms with Crippen molar-refractivity contribution in [2.24, 2.45) is 0 Å². The molecule has 0 spiro atoms. The maximum atomic E-state index is 12.4. The van der Waals surface area contributed by atoms with E-state index in [1.165, 1.54) is 11.3 Å². The largest absolute Gasteiger partial charge is 0.422 e. The maximum Gasteiger partial charge on any atom is 0.345 e. The van der Waals surface area contributed by atoms with Crippen LogP contribution in [0.1, 0.15) is 16.1 Å². The third kappa shape index (κ3) is 4.06. The highest BCUT2D eigenvalue weighted by Crippen LogP contribution is 2.28. The molecule has 0 aliphatic rings. The van der Waals surface area contributed by atoms with Crippen molar-refractivity contribution in [1.29, 1.82) is 5.26 Å². The summed E-state index contributed by atoms with van der Waals surface area (Å²) in [5.41, 5.74) is 4.42. The number of aromatic nitrogens is 1. The zero-order valence-corrected chi connectivity index (χ0v) is 18.6. The summed E-state index contributed by atoms with van der Waals surface area (Å²) < 4.78 is 6.31. The Kier molecular flexibility index (Phi) is 5.53. The predicted octanol–water partition coefficient (Wildman–Crippen LogP) is 6.27. The van der Waals surface area contributed by atoms with E-state index in [0.29, 0.717) is 27.4 Å². The molecule has 0 aliphatic heterocycles. The van der Waals surface area contributed by atoms with Gasteiger partial charge in [-0.1, -0.05) is 28.1 Å². The van der Waals surface area contributed by atoms with E-state index in [1.54, 1.807) is 23.7 Å². The molecule has 2 heterocycles. The van der Waals surface area contributed by atoms with E-state index in [1.807, 2.05) is 44.2 Å². The van der Waals surface area contributed by atoms with Crippen molar-refractivity contribution in [3.05, 3.63) is 85.1 Å². The third-order valence-corrected chi connectivity index (χ3v) is 5.96. The van der Waals surface area contributed by atoms with E-state index in [0.717, 1.165) is 26.7 Å². The van der Waals surface area contributed by atoms with Crippen molar-refractivity contribution in [1.82, 2.24) is 4.98 Å². The number of allylic oxidation sites excluding steroid dienone is 1. The van der Waals surface area contributed by atoms with E-state index in [9.17, 15) is 10.1 Å². The normalized spacial score (nSPS) is 11.5. The van der Waals surface area contributed by atoms with Gasteiger partial charge in [-0.15, -0.1) is 11.3 Å². The minimum Gasteiger partial charge on any atom is -0.422 e. The van der Waals surface area contributed by atoms with Gasteiger partial charge in [-0.3, -0.25) is 0 Å². The molecular weight excluding hydrogens is 462 g/mol. The number of hydrogen-bond acceptors (Lipinski definition) is 6. The van der Waals surface area contributed by atoms with Gasteiger partial charge in [0.1, 0.15) is 22.2 Å². The summed E-state index contributed by atoms with van der Waals surface area (Å²) in [5.74, 6) is 0. The molecule has 5 nitrogen and oxygen atoms in total. The van der Waals surface area contributed by atoms with E-state index < -0.39 is 5.63 Å². The van der Waals surface area contributed by atoms with E-state index in [4.69, 9.17) is 4.42 Å². The van der Waals surface area contributed by atoms with Gasteiger partial charge in [-0.25, -0.2) is 9.78 Å². The predicted molar refractivity (Wildman–Crippen MR) is 124 cm³/mol. The summed E-state index contributed by atoms with van der Waals surface area (Å²) in [6.45, 7) is 4.01. The molecule has 0 saturated carbocycles. The molecule has 4 aromatic rings. The number of aryl methyl sites for hydroxylation is 2. The number of nitriles is 1. The Bertz CT molecular complexity index is 1400. The van der Waals surface area contributed by atoms with Gasteiger partial charge in [-0.2, -0.15) is 5.26 Å². The molecule has 30 heavy (non-hydrogen) atoms. The number of anilines is 1. The Morgan fingerprint density at radius 1 is 1.23 bits per heavy atom. The molecule has 148 valence electrons. The molecule has 2 aromatic heterocycles. The molecule has 2 aromatic carbocycles. The van der Waals surface area contributed by atoms with Crippen LogP contribution in [-0.4, -0.2) is 4.98 Å². The summed E-state index contributed by atoms with van der Waals surface area (Å²) in [6.07, 6.45) is 1.64. The van der Waals surface area contributed by atoms with Crippen molar-refractivity contribution in [2.45, 2.75) is 13.8 Å². The average molecular weight is 478 g/mol. The van der Waals surface area contributed by atoms with Crippen molar-refractivity contribution in [3.63, 3.8) is 0 Å². The molecule has 0 atom stereocenters. The molecule has 4 rings (SSSR count). The number of nitrogens with one attached hydrogen (secondary N) is 1. The highest BCUT2D eigenvalue weighted by Gasteiger charge is 2.14. The summed E-state index contributed by atoms with van der Waals surface area (Å²) in [4.78, 5) is 17.0. The molecule has 0 saturated heterocycles. The van der Waals surface area contributed by atoms with Gasteiger partial charge in [-0.05, 0) is 55.3 Å². The van der Waals surface area contributed by atoms with Crippen molar-refractivity contribution < 1.29 is 4.42 Å². The van der Waals surface area contributed by atoms with Crippen LogP contribution in [0.3, 0.4) is 0 Å². The first-order valence-electron chi connectivity index (χ1n) is 9.08. The van der Waals surface area contributed by atoms with Crippen LogP contribution in [0.2, 0.25) is 0 Å². The first-order valence-corrected chi connectivity index (χ1v) is 10.8. The second-order valence-electron chi connectivity index (χ2n) is 6.80. The van der Waals surface area contributed by atoms with Crippen LogP contribution in [0.15, 0.2) is 67.7 Å².